The molecule has 2 rings (SSSR count). The fourth-order valence-corrected chi connectivity index (χ4v) is 1.91. The van der Waals surface area contributed by atoms with Crippen molar-refractivity contribution in [3.63, 3.8) is 0 Å². The third-order valence-electron chi connectivity index (χ3n) is 2.86. The Hall–Kier alpha value is -0.260. The van der Waals surface area contributed by atoms with Crippen LogP contribution in [0.2, 0.25) is 0 Å². The summed E-state index contributed by atoms with van der Waals surface area (Å²) in [4.78, 5) is 0. The summed E-state index contributed by atoms with van der Waals surface area (Å²) in [6, 6.07) is 0. The largest absolute Gasteiger partial charge is 0.325 e. The minimum atomic E-state index is -2.69. The van der Waals surface area contributed by atoms with Crippen molar-refractivity contribution < 1.29 is 8.78 Å². The number of hydrogen-bond acceptors (Lipinski definition) is 3. The van der Waals surface area contributed by atoms with Gasteiger partial charge in [-0.1, -0.05) is 0 Å². The summed E-state index contributed by atoms with van der Waals surface area (Å²) in [6.45, 7) is -0.125. The average Bonchev–Trinajstić information content (AvgIpc) is 2.56. The second kappa shape index (κ2) is 2.16. The smallest absolute Gasteiger partial charge is 0.267 e. The molecule has 4 N–H and O–H groups in total. The maximum absolute atomic E-state index is 13.2. The zero-order chi connectivity index (χ0) is 8.98. The summed E-state index contributed by atoms with van der Waals surface area (Å²) in [5.74, 6) is 1.89. The molecule has 1 aliphatic carbocycles. The monoisotopic (exact) mass is 177 g/mol. The van der Waals surface area contributed by atoms with Crippen LogP contribution in [-0.4, -0.2) is 29.6 Å². The van der Waals surface area contributed by atoms with Gasteiger partial charge in [-0.2, -0.15) is 0 Å². The lowest BCUT2D eigenvalue weighted by Crippen LogP contribution is -2.43. The molecule has 1 aliphatic heterocycles. The van der Waals surface area contributed by atoms with Gasteiger partial charge in [0.05, 0.1) is 12.5 Å². The van der Waals surface area contributed by atoms with E-state index in [-0.39, 0.29) is 13.1 Å². The standard InChI is InChI=1S/C7H13F2N3/c8-7(9)4-12(11)3-5(7)6(10)1-2-6/h5H,1-4,10-11H2. The van der Waals surface area contributed by atoms with E-state index in [2.05, 4.69) is 0 Å². The highest BCUT2D eigenvalue weighted by atomic mass is 19.3. The first-order chi connectivity index (χ1) is 5.44. The van der Waals surface area contributed by atoms with Crippen LogP contribution in [0.1, 0.15) is 12.8 Å². The minimum absolute atomic E-state index is 0.226. The lowest BCUT2D eigenvalue weighted by atomic mass is 9.94. The van der Waals surface area contributed by atoms with Gasteiger partial charge in [0, 0.05) is 12.1 Å². The molecule has 5 heteroatoms. The molecule has 0 radical (unpaired) electrons. The molecule has 1 saturated heterocycles. The Balaban J connectivity index is 2.15. The third-order valence-corrected chi connectivity index (χ3v) is 2.86. The number of halogens is 2. The highest BCUT2D eigenvalue weighted by molar-refractivity contribution is 5.11. The predicted molar refractivity (Wildman–Crippen MR) is 40.3 cm³/mol. The molecule has 1 atom stereocenters. The van der Waals surface area contributed by atoms with Gasteiger partial charge in [-0.15, -0.1) is 0 Å². The number of alkyl halides is 2. The van der Waals surface area contributed by atoms with Crippen molar-refractivity contribution in [3.8, 4) is 0 Å². The van der Waals surface area contributed by atoms with Gasteiger partial charge in [0.2, 0.25) is 0 Å². The van der Waals surface area contributed by atoms with E-state index in [4.69, 9.17) is 11.6 Å². The molecule has 0 aromatic carbocycles. The van der Waals surface area contributed by atoms with Gasteiger partial charge in [-0.05, 0) is 12.8 Å². The Bertz CT molecular complexity index is 203. The second-order valence-corrected chi connectivity index (χ2v) is 3.98. The van der Waals surface area contributed by atoms with E-state index < -0.39 is 17.4 Å². The van der Waals surface area contributed by atoms with Gasteiger partial charge in [0.25, 0.3) is 5.92 Å². The maximum atomic E-state index is 13.2. The quantitative estimate of drug-likeness (QED) is 0.551. The van der Waals surface area contributed by atoms with Gasteiger partial charge in [-0.25, -0.2) is 13.8 Å². The summed E-state index contributed by atoms with van der Waals surface area (Å²) in [7, 11) is 0. The molecular formula is C7H13F2N3. The number of nitrogens with zero attached hydrogens (tertiary/aromatic N) is 1. The zero-order valence-corrected chi connectivity index (χ0v) is 6.76. The van der Waals surface area contributed by atoms with Crippen LogP contribution in [0.15, 0.2) is 0 Å². The first-order valence-corrected chi connectivity index (χ1v) is 4.10. The van der Waals surface area contributed by atoms with E-state index >= 15 is 0 Å². The van der Waals surface area contributed by atoms with Gasteiger partial charge in [0.1, 0.15) is 0 Å². The van der Waals surface area contributed by atoms with E-state index in [1.54, 1.807) is 0 Å². The highest BCUT2D eigenvalue weighted by Crippen LogP contribution is 2.49. The lowest BCUT2D eigenvalue weighted by Gasteiger charge is -2.23. The molecule has 2 aliphatic rings. The van der Waals surface area contributed by atoms with Crippen molar-refractivity contribution in [2.24, 2.45) is 17.5 Å². The number of rotatable bonds is 1. The summed E-state index contributed by atoms with van der Waals surface area (Å²) >= 11 is 0. The Kier molecular flexibility index (Phi) is 1.50. The molecule has 2 fully saturated rings. The Morgan fingerprint density at radius 3 is 2.25 bits per heavy atom. The maximum Gasteiger partial charge on any atom is 0.267 e. The van der Waals surface area contributed by atoms with E-state index in [1.807, 2.05) is 0 Å². The molecule has 0 bridgehead atoms. The number of hydrogen-bond donors (Lipinski definition) is 2. The Labute approximate surface area is 69.7 Å². The summed E-state index contributed by atoms with van der Waals surface area (Å²) < 4.78 is 26.4. The summed E-state index contributed by atoms with van der Waals surface area (Å²) in [5, 5.41) is 1.16. The molecule has 0 aromatic heterocycles. The van der Waals surface area contributed by atoms with Crippen LogP contribution in [0.25, 0.3) is 0 Å². The van der Waals surface area contributed by atoms with Crippen molar-refractivity contribution in [2.45, 2.75) is 24.3 Å². The van der Waals surface area contributed by atoms with Crippen LogP contribution in [-0.2, 0) is 0 Å². The van der Waals surface area contributed by atoms with Crippen molar-refractivity contribution in [1.29, 1.82) is 0 Å². The van der Waals surface area contributed by atoms with Crippen LogP contribution in [0, 0.1) is 5.92 Å². The molecule has 12 heavy (non-hydrogen) atoms. The molecule has 1 unspecified atom stereocenters. The van der Waals surface area contributed by atoms with Gasteiger partial charge in [-0.3, -0.25) is 5.84 Å². The van der Waals surface area contributed by atoms with Crippen LogP contribution < -0.4 is 11.6 Å². The summed E-state index contributed by atoms with van der Waals surface area (Å²) in [5.41, 5.74) is 5.10. The number of hydrazine groups is 1. The van der Waals surface area contributed by atoms with Crippen molar-refractivity contribution >= 4 is 0 Å². The topological polar surface area (TPSA) is 55.3 Å². The van der Waals surface area contributed by atoms with Crippen LogP contribution in [0.4, 0.5) is 8.78 Å². The normalized spacial score (nSPS) is 38.5. The van der Waals surface area contributed by atoms with Crippen molar-refractivity contribution in [2.75, 3.05) is 13.1 Å². The van der Waals surface area contributed by atoms with E-state index in [9.17, 15) is 8.78 Å². The molecule has 0 spiro atoms. The van der Waals surface area contributed by atoms with Crippen molar-refractivity contribution in [1.82, 2.24) is 5.01 Å². The van der Waals surface area contributed by atoms with Crippen LogP contribution >= 0.6 is 0 Å². The highest BCUT2D eigenvalue weighted by Gasteiger charge is 2.60. The second-order valence-electron chi connectivity index (χ2n) is 3.98. The van der Waals surface area contributed by atoms with E-state index in [1.165, 1.54) is 0 Å². The third kappa shape index (κ3) is 1.12. The van der Waals surface area contributed by atoms with E-state index in [0.717, 1.165) is 5.01 Å². The summed E-state index contributed by atoms with van der Waals surface area (Å²) in [6.07, 6.45) is 1.42. The average molecular weight is 177 g/mol. The van der Waals surface area contributed by atoms with E-state index in [0.29, 0.717) is 12.8 Å². The van der Waals surface area contributed by atoms with Gasteiger partial charge >= 0.3 is 0 Å². The molecule has 70 valence electrons. The molecule has 0 aromatic rings. The first-order valence-electron chi connectivity index (χ1n) is 4.10. The molecule has 3 nitrogen and oxygen atoms in total. The molecular weight excluding hydrogens is 164 g/mol. The molecule has 1 saturated carbocycles. The van der Waals surface area contributed by atoms with Crippen molar-refractivity contribution in [3.05, 3.63) is 0 Å². The fourth-order valence-electron chi connectivity index (χ4n) is 1.91. The minimum Gasteiger partial charge on any atom is -0.325 e. The fraction of sp³-hybridized carbons (Fsp3) is 1.00. The SMILES string of the molecule is NN1CC(C2(N)CC2)C(F)(F)C1. The molecule has 0 amide bonds. The molecule has 1 heterocycles. The first kappa shape index (κ1) is 8.34. The Morgan fingerprint density at radius 2 is 1.92 bits per heavy atom. The van der Waals surface area contributed by atoms with Crippen LogP contribution in [0.5, 0.6) is 0 Å². The Morgan fingerprint density at radius 1 is 1.33 bits per heavy atom. The zero-order valence-electron chi connectivity index (χ0n) is 6.76. The predicted octanol–water partition coefficient (Wildman–Crippen LogP) is -0.0815. The van der Waals surface area contributed by atoms with Crippen LogP contribution in [0.3, 0.4) is 0 Å². The van der Waals surface area contributed by atoms with Gasteiger partial charge < -0.3 is 5.73 Å². The lowest BCUT2D eigenvalue weighted by molar-refractivity contribution is -0.0381. The number of nitrogens with two attached hydrogens (primary N) is 2. The van der Waals surface area contributed by atoms with Gasteiger partial charge in [0.15, 0.2) is 0 Å².